The molecule has 0 saturated carbocycles. The van der Waals surface area contributed by atoms with Crippen molar-refractivity contribution in [1.82, 2.24) is 5.32 Å². The molecule has 0 amide bonds. The van der Waals surface area contributed by atoms with Gasteiger partial charge in [-0.25, -0.2) is 9.59 Å². The van der Waals surface area contributed by atoms with Crippen LogP contribution in [0.4, 0.5) is 0 Å². The number of methoxy groups -OCH3 is 2. The molecule has 2 rings (SSSR count). The lowest BCUT2D eigenvalue weighted by molar-refractivity contribution is -0.139. The summed E-state index contributed by atoms with van der Waals surface area (Å²) in [4.78, 5) is 24.9. The van der Waals surface area contributed by atoms with Crippen molar-refractivity contribution in [2.24, 2.45) is 0 Å². The van der Waals surface area contributed by atoms with E-state index in [1.165, 1.54) is 19.5 Å². The Labute approximate surface area is 152 Å². The molecule has 1 aliphatic rings. The number of hydrogen-bond donors (Lipinski definition) is 1. The maximum absolute atomic E-state index is 12.5. The van der Waals surface area contributed by atoms with Crippen molar-refractivity contribution in [2.45, 2.75) is 19.8 Å². The van der Waals surface area contributed by atoms with Gasteiger partial charge in [-0.1, -0.05) is 6.07 Å². The van der Waals surface area contributed by atoms with Crippen molar-refractivity contribution in [3.05, 3.63) is 47.3 Å². The molecular formula is C19H23NO6. The maximum Gasteiger partial charge on any atom is 0.336 e. The number of carbonyl (C=O) groups excluding carboxylic acids is 2. The van der Waals surface area contributed by atoms with Crippen molar-refractivity contribution in [3.63, 3.8) is 0 Å². The van der Waals surface area contributed by atoms with Gasteiger partial charge in [0.2, 0.25) is 0 Å². The molecule has 1 aromatic carbocycles. The minimum Gasteiger partial charge on any atom is -0.497 e. The number of benzene rings is 1. The lowest BCUT2D eigenvalue weighted by Crippen LogP contribution is -2.27. The zero-order valence-electron chi connectivity index (χ0n) is 15.3. The van der Waals surface area contributed by atoms with Crippen molar-refractivity contribution in [3.8, 4) is 11.5 Å². The summed E-state index contributed by atoms with van der Waals surface area (Å²) in [5.41, 5.74) is 1.22. The number of ether oxygens (including phenoxy) is 4. The molecule has 0 fully saturated rings. The molecule has 0 bridgehead atoms. The van der Waals surface area contributed by atoms with Crippen LogP contribution in [-0.4, -0.2) is 39.4 Å². The van der Waals surface area contributed by atoms with Gasteiger partial charge in [-0.2, -0.15) is 0 Å². The third-order valence-corrected chi connectivity index (χ3v) is 3.87. The Morgan fingerprint density at radius 3 is 2.00 bits per heavy atom. The summed E-state index contributed by atoms with van der Waals surface area (Å²) in [5, 5.41) is 2.83. The average molecular weight is 361 g/mol. The van der Waals surface area contributed by atoms with Crippen LogP contribution in [0.5, 0.6) is 11.5 Å². The first kappa shape index (κ1) is 19.4. The van der Waals surface area contributed by atoms with Crippen molar-refractivity contribution in [1.29, 1.82) is 0 Å². The smallest absolute Gasteiger partial charge is 0.336 e. The van der Waals surface area contributed by atoms with Crippen LogP contribution in [-0.2, 0) is 19.1 Å². The van der Waals surface area contributed by atoms with Crippen LogP contribution in [0, 0.1) is 0 Å². The Kier molecular flexibility index (Phi) is 6.66. The fourth-order valence-electron chi connectivity index (χ4n) is 2.73. The van der Waals surface area contributed by atoms with Gasteiger partial charge in [0, 0.05) is 24.0 Å². The van der Waals surface area contributed by atoms with E-state index in [0.717, 1.165) is 0 Å². The van der Waals surface area contributed by atoms with E-state index >= 15 is 0 Å². The lowest BCUT2D eigenvalue weighted by Gasteiger charge is -2.26. The molecule has 0 spiro atoms. The van der Waals surface area contributed by atoms with E-state index in [0.29, 0.717) is 28.2 Å². The lowest BCUT2D eigenvalue weighted by atomic mass is 9.83. The zero-order chi connectivity index (χ0) is 19.1. The number of carbonyl (C=O) groups is 2. The molecule has 0 saturated heterocycles. The van der Waals surface area contributed by atoms with Crippen LogP contribution in [0.2, 0.25) is 0 Å². The quantitative estimate of drug-likeness (QED) is 0.746. The third-order valence-electron chi connectivity index (χ3n) is 3.87. The van der Waals surface area contributed by atoms with Gasteiger partial charge >= 0.3 is 11.9 Å². The summed E-state index contributed by atoms with van der Waals surface area (Å²) in [6, 6.07) is 5.20. The zero-order valence-corrected chi connectivity index (χ0v) is 15.3. The van der Waals surface area contributed by atoms with Crippen LogP contribution < -0.4 is 14.8 Å². The molecule has 1 aromatic rings. The van der Waals surface area contributed by atoms with Gasteiger partial charge in [-0.3, -0.25) is 0 Å². The van der Waals surface area contributed by atoms with Gasteiger partial charge < -0.3 is 24.3 Å². The topological polar surface area (TPSA) is 83.1 Å². The molecule has 7 nitrogen and oxygen atoms in total. The molecule has 1 N–H and O–H groups in total. The highest BCUT2D eigenvalue weighted by atomic mass is 16.5. The monoisotopic (exact) mass is 361 g/mol. The summed E-state index contributed by atoms with van der Waals surface area (Å²) in [5.74, 6) is -0.629. The molecule has 0 unspecified atom stereocenters. The molecular weight excluding hydrogens is 338 g/mol. The predicted octanol–water partition coefficient (Wildman–Crippen LogP) is 2.28. The fourth-order valence-corrected chi connectivity index (χ4v) is 2.73. The van der Waals surface area contributed by atoms with Gasteiger partial charge in [0.1, 0.15) is 11.5 Å². The van der Waals surface area contributed by atoms with Crippen LogP contribution in [0.3, 0.4) is 0 Å². The maximum atomic E-state index is 12.5. The standard InChI is InChI=1S/C19H23NO6/c1-5-25-18(21)14-10-20-11-15(19(22)26-6-2)17(14)13-8-7-12(23-3)9-16(13)24-4/h7-11,17,20H,5-6H2,1-4H3. The number of nitrogens with one attached hydrogen (secondary N) is 1. The van der Waals surface area contributed by atoms with E-state index in [1.807, 2.05) is 0 Å². The largest absolute Gasteiger partial charge is 0.497 e. The molecule has 0 atom stereocenters. The summed E-state index contributed by atoms with van der Waals surface area (Å²) >= 11 is 0. The van der Waals surface area contributed by atoms with Crippen molar-refractivity contribution in [2.75, 3.05) is 27.4 Å². The van der Waals surface area contributed by atoms with Crippen molar-refractivity contribution < 1.29 is 28.5 Å². The SMILES string of the molecule is CCOC(=O)C1=CNC=C(C(=O)OCC)C1c1ccc(OC)cc1OC. The minimum absolute atomic E-state index is 0.223. The summed E-state index contributed by atoms with van der Waals surface area (Å²) in [6.07, 6.45) is 3.05. The number of dihydropyridines is 1. The fraction of sp³-hybridized carbons (Fsp3) is 0.368. The second kappa shape index (κ2) is 8.94. The van der Waals surface area contributed by atoms with E-state index in [-0.39, 0.29) is 13.2 Å². The van der Waals surface area contributed by atoms with E-state index in [2.05, 4.69) is 5.32 Å². The van der Waals surface area contributed by atoms with E-state index < -0.39 is 17.9 Å². The molecule has 1 heterocycles. The predicted molar refractivity (Wildman–Crippen MR) is 94.9 cm³/mol. The minimum atomic E-state index is -0.685. The van der Waals surface area contributed by atoms with Crippen LogP contribution in [0.1, 0.15) is 25.3 Å². The summed E-state index contributed by atoms with van der Waals surface area (Å²) in [7, 11) is 3.06. The highest BCUT2D eigenvalue weighted by Crippen LogP contribution is 2.40. The number of hydrogen-bond acceptors (Lipinski definition) is 7. The van der Waals surface area contributed by atoms with Crippen LogP contribution in [0.15, 0.2) is 41.7 Å². The van der Waals surface area contributed by atoms with Gasteiger partial charge in [-0.05, 0) is 19.9 Å². The molecule has 0 aromatic heterocycles. The first-order valence-corrected chi connectivity index (χ1v) is 8.29. The molecule has 7 heteroatoms. The summed E-state index contributed by atoms with van der Waals surface area (Å²) in [6.45, 7) is 3.89. The summed E-state index contributed by atoms with van der Waals surface area (Å²) < 4.78 is 21.0. The van der Waals surface area contributed by atoms with Crippen LogP contribution in [0.25, 0.3) is 0 Å². The van der Waals surface area contributed by atoms with E-state index in [4.69, 9.17) is 18.9 Å². The number of esters is 2. The Bertz CT molecular complexity index is 704. The van der Waals surface area contributed by atoms with Gasteiger partial charge in [0.05, 0.1) is 44.5 Å². The average Bonchev–Trinajstić information content (AvgIpc) is 2.67. The highest BCUT2D eigenvalue weighted by Gasteiger charge is 2.35. The normalized spacial score (nSPS) is 13.8. The highest BCUT2D eigenvalue weighted by molar-refractivity contribution is 5.99. The number of rotatable bonds is 7. The first-order chi connectivity index (χ1) is 12.6. The van der Waals surface area contributed by atoms with E-state index in [9.17, 15) is 9.59 Å². The first-order valence-electron chi connectivity index (χ1n) is 8.29. The molecule has 0 radical (unpaired) electrons. The Morgan fingerprint density at radius 2 is 1.54 bits per heavy atom. The second-order valence-corrected chi connectivity index (χ2v) is 5.35. The third kappa shape index (κ3) is 3.99. The van der Waals surface area contributed by atoms with Gasteiger partial charge in [0.15, 0.2) is 0 Å². The second-order valence-electron chi connectivity index (χ2n) is 5.35. The van der Waals surface area contributed by atoms with Gasteiger partial charge in [-0.15, -0.1) is 0 Å². The van der Waals surface area contributed by atoms with Gasteiger partial charge in [0.25, 0.3) is 0 Å². The molecule has 26 heavy (non-hydrogen) atoms. The Morgan fingerprint density at radius 1 is 0.962 bits per heavy atom. The van der Waals surface area contributed by atoms with Crippen LogP contribution >= 0.6 is 0 Å². The molecule has 140 valence electrons. The Balaban J connectivity index is 2.56. The molecule has 0 aliphatic carbocycles. The van der Waals surface area contributed by atoms with Crippen molar-refractivity contribution >= 4 is 11.9 Å². The molecule has 1 aliphatic heterocycles. The Hall–Kier alpha value is -2.96. The van der Waals surface area contributed by atoms with E-state index in [1.54, 1.807) is 39.2 Å².